The van der Waals surface area contributed by atoms with Gasteiger partial charge >= 0.3 is 6.01 Å². The summed E-state index contributed by atoms with van der Waals surface area (Å²) in [6.45, 7) is 3.08. The summed E-state index contributed by atoms with van der Waals surface area (Å²) in [7, 11) is 0. The van der Waals surface area contributed by atoms with E-state index in [2.05, 4.69) is 26.2 Å². The highest BCUT2D eigenvalue weighted by molar-refractivity contribution is 6.28. The predicted octanol–water partition coefficient (Wildman–Crippen LogP) is 2.14. The van der Waals surface area contributed by atoms with Gasteiger partial charge in [-0.3, -0.25) is 0 Å². The molecule has 0 saturated heterocycles. The van der Waals surface area contributed by atoms with E-state index in [-0.39, 0.29) is 11.3 Å². The number of hydrogen-bond donors (Lipinski definition) is 1. The summed E-state index contributed by atoms with van der Waals surface area (Å²) in [5, 5.41) is 3.17. The molecule has 0 atom stereocenters. The van der Waals surface area contributed by atoms with Crippen LogP contribution < -0.4 is 10.1 Å². The van der Waals surface area contributed by atoms with Crippen molar-refractivity contribution in [3.05, 3.63) is 5.28 Å². The Bertz CT molecular complexity index is 392. The Morgan fingerprint density at radius 1 is 1.35 bits per heavy atom. The minimum absolute atomic E-state index is 0.120. The van der Waals surface area contributed by atoms with E-state index in [0.717, 1.165) is 25.8 Å². The molecule has 1 aromatic rings. The van der Waals surface area contributed by atoms with Crippen molar-refractivity contribution in [2.45, 2.75) is 26.2 Å². The third-order valence-corrected chi connectivity index (χ3v) is 2.06. The lowest BCUT2D eigenvalue weighted by Gasteiger charge is -2.06. The summed E-state index contributed by atoms with van der Waals surface area (Å²) >= 11 is 5.74. The number of unbranched alkanes of at least 4 members (excludes halogenated alkanes) is 2. The lowest BCUT2D eigenvalue weighted by molar-refractivity contribution is 0.312. The third-order valence-electron chi connectivity index (χ3n) is 1.89. The van der Waals surface area contributed by atoms with Gasteiger partial charge in [-0.1, -0.05) is 0 Å². The maximum atomic E-state index is 5.74. The smallest absolute Gasteiger partial charge is 0.322 e. The second-order valence-electron chi connectivity index (χ2n) is 3.23. The van der Waals surface area contributed by atoms with Crippen molar-refractivity contribution < 1.29 is 4.74 Å². The van der Waals surface area contributed by atoms with Crippen molar-refractivity contribution in [1.29, 1.82) is 0 Å². The first-order valence-corrected chi connectivity index (χ1v) is 5.85. The molecule has 0 radical (unpaired) electrons. The molecule has 0 bridgehead atoms. The van der Waals surface area contributed by atoms with Gasteiger partial charge < -0.3 is 10.1 Å². The van der Waals surface area contributed by atoms with Crippen LogP contribution in [0.15, 0.2) is 0 Å². The SMILES string of the molecule is C#CCCCCNc1nc(Cl)nc(OCC)n1. The molecular formula is C11H15ClN4O. The second kappa shape index (κ2) is 7.69. The maximum absolute atomic E-state index is 5.74. The fraction of sp³-hybridized carbons (Fsp3) is 0.545. The van der Waals surface area contributed by atoms with Crippen LogP contribution in [0.1, 0.15) is 26.2 Å². The van der Waals surface area contributed by atoms with E-state index in [9.17, 15) is 0 Å². The lowest BCUT2D eigenvalue weighted by atomic mass is 10.2. The highest BCUT2D eigenvalue weighted by Crippen LogP contribution is 2.11. The van der Waals surface area contributed by atoms with Crippen LogP contribution in [-0.4, -0.2) is 28.1 Å². The number of aromatic nitrogens is 3. The Kier molecular flexibility index (Phi) is 6.12. The molecule has 17 heavy (non-hydrogen) atoms. The van der Waals surface area contributed by atoms with Gasteiger partial charge in [0, 0.05) is 13.0 Å². The van der Waals surface area contributed by atoms with Crippen molar-refractivity contribution in [3.8, 4) is 18.4 Å². The minimum Gasteiger partial charge on any atom is -0.464 e. The van der Waals surface area contributed by atoms with Gasteiger partial charge in [-0.05, 0) is 31.4 Å². The van der Waals surface area contributed by atoms with Crippen LogP contribution in [0, 0.1) is 12.3 Å². The summed E-state index contributed by atoms with van der Waals surface area (Å²) in [4.78, 5) is 11.8. The van der Waals surface area contributed by atoms with Crippen LogP contribution in [0.4, 0.5) is 5.95 Å². The minimum atomic E-state index is 0.120. The predicted molar refractivity (Wildman–Crippen MR) is 67.2 cm³/mol. The highest BCUT2D eigenvalue weighted by atomic mass is 35.5. The van der Waals surface area contributed by atoms with Crippen molar-refractivity contribution >= 4 is 17.5 Å². The number of nitrogens with zero attached hydrogens (tertiary/aromatic N) is 3. The van der Waals surface area contributed by atoms with Crippen molar-refractivity contribution in [2.75, 3.05) is 18.5 Å². The van der Waals surface area contributed by atoms with Gasteiger partial charge in [-0.2, -0.15) is 15.0 Å². The maximum Gasteiger partial charge on any atom is 0.322 e. The molecule has 0 aliphatic carbocycles. The Morgan fingerprint density at radius 2 is 2.18 bits per heavy atom. The molecule has 0 unspecified atom stereocenters. The summed E-state index contributed by atoms with van der Waals surface area (Å²) in [5.41, 5.74) is 0. The summed E-state index contributed by atoms with van der Waals surface area (Å²) in [6.07, 6.45) is 7.87. The average molecular weight is 255 g/mol. The molecule has 0 saturated carbocycles. The van der Waals surface area contributed by atoms with E-state index in [1.165, 1.54) is 0 Å². The second-order valence-corrected chi connectivity index (χ2v) is 3.57. The van der Waals surface area contributed by atoms with Crippen LogP contribution >= 0.6 is 11.6 Å². The summed E-state index contributed by atoms with van der Waals surface area (Å²) in [5.74, 6) is 3.02. The van der Waals surface area contributed by atoms with E-state index < -0.39 is 0 Å². The first-order chi connectivity index (χ1) is 8.26. The van der Waals surface area contributed by atoms with E-state index in [4.69, 9.17) is 22.8 Å². The molecule has 0 aromatic carbocycles. The molecule has 0 aliphatic rings. The molecule has 0 spiro atoms. The topological polar surface area (TPSA) is 59.9 Å². The van der Waals surface area contributed by atoms with E-state index >= 15 is 0 Å². The average Bonchev–Trinajstić information content (AvgIpc) is 2.28. The Labute approximate surface area is 106 Å². The monoisotopic (exact) mass is 254 g/mol. The molecule has 1 heterocycles. The van der Waals surface area contributed by atoms with Crippen LogP contribution in [0.5, 0.6) is 6.01 Å². The molecule has 1 aromatic heterocycles. The summed E-state index contributed by atoms with van der Waals surface area (Å²) in [6, 6.07) is 0.235. The number of rotatable bonds is 7. The van der Waals surface area contributed by atoms with Crippen LogP contribution in [0.3, 0.4) is 0 Å². The quantitative estimate of drug-likeness (QED) is 0.597. The standard InChI is InChI=1S/C11H15ClN4O/c1-3-5-6-7-8-13-10-14-9(12)15-11(16-10)17-4-2/h1H,4-8H2,2H3,(H,13,14,15,16). The third kappa shape index (κ3) is 5.36. The molecular weight excluding hydrogens is 240 g/mol. The van der Waals surface area contributed by atoms with Crippen LogP contribution in [0.25, 0.3) is 0 Å². The van der Waals surface area contributed by atoms with Crippen LogP contribution in [0.2, 0.25) is 5.28 Å². The number of anilines is 1. The number of ether oxygens (including phenoxy) is 1. The first kappa shape index (κ1) is 13.5. The Hall–Kier alpha value is -1.54. The van der Waals surface area contributed by atoms with E-state index in [1.54, 1.807) is 0 Å². The van der Waals surface area contributed by atoms with Gasteiger partial charge in [0.05, 0.1) is 6.61 Å². The highest BCUT2D eigenvalue weighted by Gasteiger charge is 2.04. The zero-order valence-corrected chi connectivity index (χ0v) is 10.5. The van der Waals surface area contributed by atoms with Crippen LogP contribution in [-0.2, 0) is 0 Å². The van der Waals surface area contributed by atoms with Gasteiger partial charge in [-0.25, -0.2) is 0 Å². The fourth-order valence-corrected chi connectivity index (χ4v) is 1.31. The van der Waals surface area contributed by atoms with Crippen molar-refractivity contribution in [3.63, 3.8) is 0 Å². The normalized spacial score (nSPS) is 9.71. The zero-order valence-electron chi connectivity index (χ0n) is 9.74. The van der Waals surface area contributed by atoms with Crippen molar-refractivity contribution in [1.82, 2.24) is 15.0 Å². The van der Waals surface area contributed by atoms with Gasteiger partial charge in [0.2, 0.25) is 11.2 Å². The molecule has 6 heteroatoms. The molecule has 92 valence electrons. The number of hydrogen-bond acceptors (Lipinski definition) is 5. The van der Waals surface area contributed by atoms with Gasteiger partial charge in [0.15, 0.2) is 0 Å². The first-order valence-electron chi connectivity index (χ1n) is 5.48. The number of halogens is 1. The van der Waals surface area contributed by atoms with E-state index in [0.29, 0.717) is 12.6 Å². The Balaban J connectivity index is 2.44. The molecule has 0 fully saturated rings. The zero-order chi connectivity index (χ0) is 12.5. The van der Waals surface area contributed by atoms with Gasteiger partial charge in [-0.15, -0.1) is 12.3 Å². The van der Waals surface area contributed by atoms with Gasteiger partial charge in [0.25, 0.3) is 0 Å². The molecule has 0 amide bonds. The Morgan fingerprint density at radius 3 is 2.88 bits per heavy atom. The molecule has 1 rings (SSSR count). The van der Waals surface area contributed by atoms with E-state index in [1.807, 2.05) is 6.92 Å². The number of terminal acetylenes is 1. The number of nitrogens with one attached hydrogen (secondary N) is 1. The molecule has 1 N–H and O–H groups in total. The van der Waals surface area contributed by atoms with Crippen molar-refractivity contribution in [2.24, 2.45) is 0 Å². The largest absolute Gasteiger partial charge is 0.464 e. The fourth-order valence-electron chi connectivity index (χ4n) is 1.16. The molecule has 5 nitrogen and oxygen atoms in total. The lowest BCUT2D eigenvalue weighted by Crippen LogP contribution is -2.08. The van der Waals surface area contributed by atoms with Gasteiger partial charge in [0.1, 0.15) is 0 Å². The molecule has 0 aliphatic heterocycles. The summed E-state index contributed by atoms with van der Waals surface area (Å²) < 4.78 is 5.16.